The van der Waals surface area contributed by atoms with Gasteiger partial charge in [0.15, 0.2) is 0 Å². The quantitative estimate of drug-likeness (QED) is 0.787. The van der Waals surface area contributed by atoms with Crippen molar-refractivity contribution in [3.05, 3.63) is 35.9 Å². The van der Waals surface area contributed by atoms with Crippen LogP contribution in [0, 0.1) is 0 Å². The molecule has 2 rings (SSSR count). The van der Waals surface area contributed by atoms with E-state index in [1.54, 1.807) is 0 Å². The first kappa shape index (κ1) is 12.0. The SMILES string of the molecule is CC1CC(NCCCc2ccccc2)CS1. The molecule has 0 aromatic heterocycles. The Bertz CT molecular complexity index is 299. The summed E-state index contributed by atoms with van der Waals surface area (Å²) < 4.78 is 0. The van der Waals surface area contributed by atoms with Crippen LogP contribution in [0.1, 0.15) is 25.3 Å². The highest BCUT2D eigenvalue weighted by Gasteiger charge is 2.20. The van der Waals surface area contributed by atoms with E-state index in [2.05, 4.69) is 54.3 Å². The molecule has 0 amide bonds. The van der Waals surface area contributed by atoms with Crippen molar-refractivity contribution in [3.63, 3.8) is 0 Å². The van der Waals surface area contributed by atoms with E-state index in [9.17, 15) is 0 Å². The Balaban J connectivity index is 1.59. The number of thioether (sulfide) groups is 1. The Labute approximate surface area is 103 Å². The van der Waals surface area contributed by atoms with Crippen molar-refractivity contribution < 1.29 is 0 Å². The zero-order valence-electron chi connectivity index (χ0n) is 9.99. The van der Waals surface area contributed by atoms with Gasteiger partial charge in [-0.3, -0.25) is 0 Å². The van der Waals surface area contributed by atoms with Gasteiger partial charge in [-0.05, 0) is 31.4 Å². The van der Waals surface area contributed by atoms with Crippen molar-refractivity contribution in [1.82, 2.24) is 5.32 Å². The predicted molar refractivity (Wildman–Crippen MR) is 73.1 cm³/mol. The highest BCUT2D eigenvalue weighted by Crippen LogP contribution is 2.25. The summed E-state index contributed by atoms with van der Waals surface area (Å²) >= 11 is 2.10. The molecule has 16 heavy (non-hydrogen) atoms. The first-order chi connectivity index (χ1) is 7.84. The van der Waals surface area contributed by atoms with Crippen LogP contribution in [0.15, 0.2) is 30.3 Å². The smallest absolute Gasteiger partial charge is 0.0168 e. The van der Waals surface area contributed by atoms with E-state index in [1.165, 1.54) is 30.6 Å². The van der Waals surface area contributed by atoms with E-state index in [0.29, 0.717) is 0 Å². The number of hydrogen-bond donors (Lipinski definition) is 1. The summed E-state index contributed by atoms with van der Waals surface area (Å²) in [4.78, 5) is 0. The standard InChI is InChI=1S/C14H21NS/c1-12-10-14(11-16-12)15-9-5-8-13-6-3-2-4-7-13/h2-4,6-7,12,14-15H,5,8-11H2,1H3. The fraction of sp³-hybridized carbons (Fsp3) is 0.571. The van der Waals surface area contributed by atoms with Crippen LogP contribution in [0.4, 0.5) is 0 Å². The average molecular weight is 235 g/mol. The lowest BCUT2D eigenvalue weighted by molar-refractivity contribution is 0.528. The third-order valence-electron chi connectivity index (χ3n) is 3.12. The molecule has 0 radical (unpaired) electrons. The van der Waals surface area contributed by atoms with E-state index in [-0.39, 0.29) is 0 Å². The third kappa shape index (κ3) is 3.84. The van der Waals surface area contributed by atoms with Crippen LogP contribution in [-0.2, 0) is 6.42 Å². The Morgan fingerprint density at radius 2 is 2.12 bits per heavy atom. The van der Waals surface area contributed by atoms with Crippen molar-refractivity contribution in [2.24, 2.45) is 0 Å². The fourth-order valence-electron chi connectivity index (χ4n) is 2.20. The van der Waals surface area contributed by atoms with Crippen LogP contribution in [0.25, 0.3) is 0 Å². The summed E-state index contributed by atoms with van der Waals surface area (Å²) in [5, 5.41) is 4.51. The predicted octanol–water partition coefficient (Wildman–Crippen LogP) is 3.10. The molecule has 1 saturated heterocycles. The second-order valence-corrected chi connectivity index (χ2v) is 6.09. The molecular weight excluding hydrogens is 214 g/mol. The van der Waals surface area contributed by atoms with Crippen LogP contribution >= 0.6 is 11.8 Å². The molecular formula is C14H21NS. The molecule has 2 heteroatoms. The van der Waals surface area contributed by atoms with Gasteiger partial charge < -0.3 is 5.32 Å². The number of nitrogens with one attached hydrogen (secondary N) is 1. The minimum absolute atomic E-state index is 0.760. The highest BCUT2D eigenvalue weighted by molar-refractivity contribution is 8.00. The van der Waals surface area contributed by atoms with Crippen molar-refractivity contribution in [1.29, 1.82) is 0 Å². The molecule has 0 bridgehead atoms. The van der Waals surface area contributed by atoms with Gasteiger partial charge in [-0.2, -0.15) is 11.8 Å². The molecule has 1 aliphatic rings. The van der Waals surface area contributed by atoms with Crippen molar-refractivity contribution in [3.8, 4) is 0 Å². The lowest BCUT2D eigenvalue weighted by atomic mass is 10.1. The van der Waals surface area contributed by atoms with E-state index in [1.807, 2.05) is 0 Å². The van der Waals surface area contributed by atoms with E-state index < -0.39 is 0 Å². The van der Waals surface area contributed by atoms with Crippen LogP contribution in [0.3, 0.4) is 0 Å². The monoisotopic (exact) mass is 235 g/mol. The minimum atomic E-state index is 0.760. The van der Waals surface area contributed by atoms with E-state index in [4.69, 9.17) is 0 Å². The van der Waals surface area contributed by atoms with E-state index in [0.717, 1.165) is 17.8 Å². The van der Waals surface area contributed by atoms with E-state index >= 15 is 0 Å². The Morgan fingerprint density at radius 1 is 1.31 bits per heavy atom. The number of rotatable bonds is 5. The second kappa shape index (κ2) is 6.31. The average Bonchev–Trinajstić information content (AvgIpc) is 2.72. The molecule has 1 nitrogen and oxygen atoms in total. The van der Waals surface area contributed by atoms with Gasteiger partial charge in [-0.1, -0.05) is 37.3 Å². The van der Waals surface area contributed by atoms with Crippen molar-refractivity contribution in [2.75, 3.05) is 12.3 Å². The summed E-state index contributed by atoms with van der Waals surface area (Å²) in [7, 11) is 0. The van der Waals surface area contributed by atoms with Gasteiger partial charge in [0.25, 0.3) is 0 Å². The third-order valence-corrected chi connectivity index (χ3v) is 4.47. The van der Waals surface area contributed by atoms with Crippen molar-refractivity contribution >= 4 is 11.8 Å². The molecule has 1 aliphatic heterocycles. The molecule has 88 valence electrons. The Morgan fingerprint density at radius 3 is 2.81 bits per heavy atom. The fourth-order valence-corrected chi connectivity index (χ4v) is 3.39. The summed E-state index contributed by atoms with van der Waals surface area (Å²) in [6.07, 6.45) is 3.79. The first-order valence-electron chi connectivity index (χ1n) is 6.23. The number of benzene rings is 1. The molecule has 1 aromatic rings. The Hall–Kier alpha value is -0.470. The highest BCUT2D eigenvalue weighted by atomic mass is 32.2. The molecule has 0 saturated carbocycles. The lowest BCUT2D eigenvalue weighted by Crippen LogP contribution is -2.30. The molecule has 2 atom stereocenters. The van der Waals surface area contributed by atoms with Gasteiger partial charge in [0, 0.05) is 17.0 Å². The van der Waals surface area contributed by atoms with Gasteiger partial charge in [0.2, 0.25) is 0 Å². The molecule has 1 N–H and O–H groups in total. The summed E-state index contributed by atoms with van der Waals surface area (Å²) in [6.45, 7) is 3.49. The zero-order chi connectivity index (χ0) is 11.2. The number of aryl methyl sites for hydroxylation is 1. The topological polar surface area (TPSA) is 12.0 Å². The normalized spacial score (nSPS) is 24.8. The van der Waals surface area contributed by atoms with Gasteiger partial charge >= 0.3 is 0 Å². The molecule has 1 aromatic carbocycles. The number of hydrogen-bond acceptors (Lipinski definition) is 2. The molecule has 2 unspecified atom stereocenters. The minimum Gasteiger partial charge on any atom is -0.313 e. The Kier molecular flexibility index (Phi) is 4.73. The molecule has 1 fully saturated rings. The molecule has 0 aliphatic carbocycles. The maximum atomic E-state index is 3.66. The molecule has 1 heterocycles. The van der Waals surface area contributed by atoms with Gasteiger partial charge in [-0.25, -0.2) is 0 Å². The van der Waals surface area contributed by atoms with Crippen LogP contribution < -0.4 is 5.32 Å². The van der Waals surface area contributed by atoms with Crippen LogP contribution in [-0.4, -0.2) is 23.6 Å². The van der Waals surface area contributed by atoms with Crippen LogP contribution in [0.5, 0.6) is 0 Å². The maximum absolute atomic E-state index is 3.66. The zero-order valence-corrected chi connectivity index (χ0v) is 10.8. The van der Waals surface area contributed by atoms with Crippen LogP contribution in [0.2, 0.25) is 0 Å². The first-order valence-corrected chi connectivity index (χ1v) is 7.28. The lowest BCUT2D eigenvalue weighted by Gasteiger charge is -2.11. The largest absolute Gasteiger partial charge is 0.313 e. The molecule has 0 spiro atoms. The maximum Gasteiger partial charge on any atom is 0.0168 e. The summed E-state index contributed by atoms with van der Waals surface area (Å²) in [5.41, 5.74) is 1.46. The van der Waals surface area contributed by atoms with Gasteiger partial charge in [0.1, 0.15) is 0 Å². The van der Waals surface area contributed by atoms with Gasteiger partial charge in [0.05, 0.1) is 0 Å². The summed E-state index contributed by atoms with van der Waals surface area (Å²) in [5.74, 6) is 1.30. The summed E-state index contributed by atoms with van der Waals surface area (Å²) in [6, 6.07) is 11.5. The van der Waals surface area contributed by atoms with Crippen molar-refractivity contribution in [2.45, 2.75) is 37.5 Å². The second-order valence-electron chi connectivity index (χ2n) is 4.62. The van der Waals surface area contributed by atoms with Gasteiger partial charge in [-0.15, -0.1) is 0 Å².